The standard InChI is InChI=1S/C31H26N6/c1-4-29-34-30-20(2)15-21(3)33-31(30)36(29)18-22-9-11-23(12-10-22)27-16-26(14-13-24(27)17-32)37-19-25-7-5-6-8-28(25)35-37/h5-16,19H,4,18H2,1-3H3. The van der Waals surface area contributed by atoms with Gasteiger partial charge < -0.3 is 4.57 Å². The van der Waals surface area contributed by atoms with Crippen LogP contribution in [0.25, 0.3) is 38.9 Å². The molecule has 0 spiro atoms. The van der Waals surface area contributed by atoms with Crippen molar-refractivity contribution in [1.82, 2.24) is 24.3 Å². The number of hydrogen-bond donors (Lipinski definition) is 0. The van der Waals surface area contributed by atoms with Crippen LogP contribution in [-0.2, 0) is 13.0 Å². The minimum absolute atomic E-state index is 0.636. The van der Waals surface area contributed by atoms with E-state index in [2.05, 4.69) is 54.8 Å². The molecular formula is C31H26N6. The quantitative estimate of drug-likeness (QED) is 0.280. The van der Waals surface area contributed by atoms with E-state index in [1.165, 1.54) is 0 Å². The molecule has 0 bridgehead atoms. The summed E-state index contributed by atoms with van der Waals surface area (Å²) in [6, 6.07) is 26.7. The molecule has 180 valence electrons. The third kappa shape index (κ3) is 4.05. The molecule has 3 aromatic carbocycles. The monoisotopic (exact) mass is 482 g/mol. The van der Waals surface area contributed by atoms with Crippen LogP contribution < -0.4 is 0 Å². The van der Waals surface area contributed by atoms with Gasteiger partial charge in [-0.15, -0.1) is 0 Å². The lowest BCUT2D eigenvalue weighted by molar-refractivity contribution is 0.745. The van der Waals surface area contributed by atoms with Gasteiger partial charge in [0.25, 0.3) is 0 Å². The van der Waals surface area contributed by atoms with Crippen molar-refractivity contribution in [2.45, 2.75) is 33.7 Å². The molecule has 0 N–H and O–H groups in total. The fraction of sp³-hybridized carbons (Fsp3) is 0.161. The lowest BCUT2D eigenvalue weighted by Gasteiger charge is -2.11. The molecule has 6 heteroatoms. The zero-order valence-corrected chi connectivity index (χ0v) is 21.1. The molecule has 6 rings (SSSR count). The number of aryl methyl sites for hydroxylation is 3. The molecule has 0 unspecified atom stereocenters. The highest BCUT2D eigenvalue weighted by Gasteiger charge is 2.14. The Bertz CT molecular complexity index is 1780. The second-order valence-electron chi connectivity index (χ2n) is 9.39. The Labute approximate surface area is 215 Å². The van der Waals surface area contributed by atoms with Crippen molar-refractivity contribution in [2.24, 2.45) is 0 Å². The van der Waals surface area contributed by atoms with Crippen molar-refractivity contribution >= 4 is 22.1 Å². The summed E-state index contributed by atoms with van der Waals surface area (Å²) in [6.45, 7) is 6.94. The number of hydrogen-bond acceptors (Lipinski definition) is 4. The average molecular weight is 483 g/mol. The molecular weight excluding hydrogens is 456 g/mol. The first-order chi connectivity index (χ1) is 18.0. The summed E-state index contributed by atoms with van der Waals surface area (Å²) in [4.78, 5) is 9.67. The van der Waals surface area contributed by atoms with Gasteiger partial charge in [-0.1, -0.05) is 49.4 Å². The zero-order valence-electron chi connectivity index (χ0n) is 21.1. The van der Waals surface area contributed by atoms with E-state index in [4.69, 9.17) is 15.1 Å². The van der Waals surface area contributed by atoms with Gasteiger partial charge in [-0.2, -0.15) is 10.4 Å². The SMILES string of the molecule is CCc1nc2c(C)cc(C)nc2n1Cc1ccc(-c2cc(-n3cc4ccccc4n3)ccc2C#N)cc1. The Morgan fingerprint density at radius 3 is 2.49 bits per heavy atom. The van der Waals surface area contributed by atoms with Crippen molar-refractivity contribution in [3.05, 3.63) is 107 Å². The van der Waals surface area contributed by atoms with Gasteiger partial charge in [0.1, 0.15) is 11.3 Å². The van der Waals surface area contributed by atoms with E-state index in [1.807, 2.05) is 60.3 Å². The smallest absolute Gasteiger partial charge is 0.160 e. The third-order valence-corrected chi connectivity index (χ3v) is 6.82. The fourth-order valence-corrected chi connectivity index (χ4v) is 4.96. The summed E-state index contributed by atoms with van der Waals surface area (Å²) >= 11 is 0. The summed E-state index contributed by atoms with van der Waals surface area (Å²) in [5.74, 6) is 1.03. The van der Waals surface area contributed by atoms with Gasteiger partial charge in [-0.05, 0) is 60.9 Å². The minimum atomic E-state index is 0.636. The van der Waals surface area contributed by atoms with Crippen molar-refractivity contribution in [3.63, 3.8) is 0 Å². The van der Waals surface area contributed by atoms with Crippen LogP contribution in [0.2, 0.25) is 0 Å². The van der Waals surface area contributed by atoms with Gasteiger partial charge in [0, 0.05) is 29.3 Å². The van der Waals surface area contributed by atoms with E-state index in [-0.39, 0.29) is 0 Å². The molecule has 6 aromatic rings. The van der Waals surface area contributed by atoms with Gasteiger partial charge in [0.05, 0.1) is 29.4 Å². The van der Waals surface area contributed by atoms with Crippen LogP contribution in [0.5, 0.6) is 0 Å². The van der Waals surface area contributed by atoms with E-state index >= 15 is 0 Å². The van der Waals surface area contributed by atoms with Crippen LogP contribution >= 0.6 is 0 Å². The Kier molecular flexibility index (Phi) is 5.54. The topological polar surface area (TPSA) is 72.3 Å². The minimum Gasteiger partial charge on any atom is -0.308 e. The molecule has 0 aliphatic rings. The first kappa shape index (κ1) is 22.7. The molecule has 0 aliphatic carbocycles. The van der Waals surface area contributed by atoms with Gasteiger partial charge >= 0.3 is 0 Å². The number of benzene rings is 3. The van der Waals surface area contributed by atoms with Crippen molar-refractivity contribution < 1.29 is 0 Å². The summed E-state index contributed by atoms with van der Waals surface area (Å²) in [7, 11) is 0. The molecule has 0 amide bonds. The Hall–Kier alpha value is -4.76. The maximum absolute atomic E-state index is 9.79. The van der Waals surface area contributed by atoms with E-state index < -0.39 is 0 Å². The normalized spacial score (nSPS) is 11.3. The molecule has 37 heavy (non-hydrogen) atoms. The summed E-state index contributed by atoms with van der Waals surface area (Å²) < 4.78 is 4.09. The largest absolute Gasteiger partial charge is 0.308 e. The van der Waals surface area contributed by atoms with Crippen LogP contribution in [0.4, 0.5) is 0 Å². The van der Waals surface area contributed by atoms with Gasteiger partial charge in [0.2, 0.25) is 0 Å². The lowest BCUT2D eigenvalue weighted by Crippen LogP contribution is -2.05. The van der Waals surface area contributed by atoms with Crippen molar-refractivity contribution in [2.75, 3.05) is 0 Å². The number of nitrogens with zero attached hydrogens (tertiary/aromatic N) is 6. The van der Waals surface area contributed by atoms with E-state index in [9.17, 15) is 5.26 Å². The Morgan fingerprint density at radius 2 is 1.73 bits per heavy atom. The number of imidazole rings is 1. The molecule has 0 saturated heterocycles. The summed E-state index contributed by atoms with van der Waals surface area (Å²) in [5, 5.41) is 15.6. The van der Waals surface area contributed by atoms with Gasteiger partial charge in [-0.3, -0.25) is 0 Å². The first-order valence-electron chi connectivity index (χ1n) is 12.5. The summed E-state index contributed by atoms with van der Waals surface area (Å²) in [5.41, 5.74) is 9.60. The molecule has 0 fully saturated rings. The van der Waals surface area contributed by atoms with Crippen LogP contribution in [0, 0.1) is 25.2 Å². The lowest BCUT2D eigenvalue weighted by atomic mass is 9.98. The Balaban J connectivity index is 1.35. The molecule has 0 radical (unpaired) electrons. The maximum atomic E-state index is 9.79. The second kappa shape index (κ2) is 9.03. The van der Waals surface area contributed by atoms with E-state index in [0.29, 0.717) is 12.1 Å². The van der Waals surface area contributed by atoms with Crippen LogP contribution in [0.1, 0.15) is 35.1 Å². The molecule has 3 aromatic heterocycles. The molecule has 3 heterocycles. The number of fused-ring (bicyclic) bond motifs is 2. The fourth-order valence-electron chi connectivity index (χ4n) is 4.96. The predicted molar refractivity (Wildman–Crippen MR) is 147 cm³/mol. The number of pyridine rings is 1. The highest BCUT2D eigenvalue weighted by Crippen LogP contribution is 2.28. The molecule has 0 saturated carbocycles. The zero-order chi connectivity index (χ0) is 25.5. The Morgan fingerprint density at radius 1 is 0.919 bits per heavy atom. The van der Waals surface area contributed by atoms with Gasteiger partial charge in [0.15, 0.2) is 5.65 Å². The van der Waals surface area contributed by atoms with E-state index in [1.54, 1.807) is 0 Å². The van der Waals surface area contributed by atoms with Crippen molar-refractivity contribution in [3.8, 4) is 22.9 Å². The second-order valence-corrected chi connectivity index (χ2v) is 9.39. The molecule has 6 nitrogen and oxygen atoms in total. The van der Waals surface area contributed by atoms with Crippen LogP contribution in [0.15, 0.2) is 79.0 Å². The van der Waals surface area contributed by atoms with Gasteiger partial charge in [-0.25, -0.2) is 14.6 Å². The molecule has 0 aliphatic heterocycles. The van der Waals surface area contributed by atoms with Crippen LogP contribution in [0.3, 0.4) is 0 Å². The molecule has 0 atom stereocenters. The summed E-state index contributed by atoms with van der Waals surface area (Å²) in [6.07, 6.45) is 2.86. The first-order valence-corrected chi connectivity index (χ1v) is 12.5. The predicted octanol–water partition coefficient (Wildman–Crippen LogP) is 6.54. The number of nitriles is 1. The highest BCUT2D eigenvalue weighted by molar-refractivity contribution is 5.79. The average Bonchev–Trinajstić information content (AvgIpc) is 3.50. The van der Waals surface area contributed by atoms with E-state index in [0.717, 1.165) is 67.9 Å². The van der Waals surface area contributed by atoms with Crippen molar-refractivity contribution in [1.29, 1.82) is 5.26 Å². The highest BCUT2D eigenvalue weighted by atomic mass is 15.3. The van der Waals surface area contributed by atoms with Crippen LogP contribution in [-0.4, -0.2) is 24.3 Å². The number of rotatable bonds is 5. The third-order valence-electron chi connectivity index (χ3n) is 6.82. The maximum Gasteiger partial charge on any atom is 0.160 e. The number of aromatic nitrogens is 5.